The predicted octanol–water partition coefficient (Wildman–Crippen LogP) is 1.48. The largest absolute Gasteiger partial charge is 0.452 e. The van der Waals surface area contributed by atoms with Gasteiger partial charge in [0.1, 0.15) is 0 Å². The van der Waals surface area contributed by atoms with E-state index in [-0.39, 0.29) is 5.92 Å². The summed E-state index contributed by atoms with van der Waals surface area (Å²) in [5, 5.41) is 9.44. The minimum Gasteiger partial charge on any atom is -0.452 e. The number of carbonyl (C=O) groups excluding carboxylic acids is 1. The van der Waals surface area contributed by atoms with Gasteiger partial charge in [0, 0.05) is 18.3 Å². The van der Waals surface area contributed by atoms with Crippen LogP contribution in [0.3, 0.4) is 0 Å². The van der Waals surface area contributed by atoms with Crippen LogP contribution in [-0.2, 0) is 4.74 Å². The van der Waals surface area contributed by atoms with Gasteiger partial charge in [-0.15, -0.1) is 0 Å². The molecule has 4 nitrogen and oxygen atoms in total. The lowest BCUT2D eigenvalue weighted by Crippen LogP contribution is -2.26. The topological polar surface area (TPSA) is 49.8 Å². The van der Waals surface area contributed by atoms with Crippen molar-refractivity contribution in [3.63, 3.8) is 0 Å². The first-order chi connectivity index (χ1) is 6.56. The van der Waals surface area contributed by atoms with Crippen LogP contribution in [0.1, 0.15) is 13.8 Å². The number of nitrogens with zero attached hydrogens (tertiary/aromatic N) is 1. The quantitative estimate of drug-likeness (QED) is 0.692. The van der Waals surface area contributed by atoms with Crippen molar-refractivity contribution in [2.75, 3.05) is 7.11 Å². The lowest BCUT2D eigenvalue weighted by Gasteiger charge is -2.24. The van der Waals surface area contributed by atoms with Crippen molar-refractivity contribution in [1.29, 1.82) is 0 Å². The molecular weight excluding hydrogens is 182 g/mol. The van der Waals surface area contributed by atoms with Crippen LogP contribution in [0, 0.1) is 5.92 Å². The summed E-state index contributed by atoms with van der Waals surface area (Å²) in [4.78, 5) is 12.5. The van der Waals surface area contributed by atoms with Crippen molar-refractivity contribution in [3.8, 4) is 0 Å². The molecule has 0 aromatic carbocycles. The molecule has 78 valence electrons. The van der Waals surface area contributed by atoms with Crippen LogP contribution in [0.15, 0.2) is 24.0 Å². The maximum absolute atomic E-state index is 11.2. The molecule has 1 rings (SSSR count). The highest BCUT2D eigenvalue weighted by molar-refractivity contribution is 5.70. The molecule has 0 radical (unpaired) electrons. The van der Waals surface area contributed by atoms with Gasteiger partial charge in [0.2, 0.25) is 0 Å². The molecule has 0 aromatic rings. The van der Waals surface area contributed by atoms with Crippen molar-refractivity contribution >= 4 is 6.09 Å². The van der Waals surface area contributed by atoms with E-state index in [0.29, 0.717) is 0 Å². The van der Waals surface area contributed by atoms with Gasteiger partial charge in [-0.1, -0.05) is 13.0 Å². The highest BCUT2D eigenvalue weighted by Crippen LogP contribution is 2.22. The molecule has 1 aliphatic heterocycles. The Morgan fingerprint density at radius 3 is 2.86 bits per heavy atom. The molecule has 1 heterocycles. The zero-order valence-corrected chi connectivity index (χ0v) is 8.60. The molecule has 4 heteroatoms. The molecule has 2 atom stereocenters. The van der Waals surface area contributed by atoms with E-state index in [9.17, 15) is 9.90 Å². The summed E-state index contributed by atoms with van der Waals surface area (Å²) < 4.78 is 4.56. The number of hydrogen-bond donors (Lipinski definition) is 1. The highest BCUT2D eigenvalue weighted by atomic mass is 16.5. The van der Waals surface area contributed by atoms with Gasteiger partial charge < -0.3 is 9.84 Å². The van der Waals surface area contributed by atoms with E-state index in [1.165, 1.54) is 12.0 Å². The summed E-state index contributed by atoms with van der Waals surface area (Å²) in [6.07, 6.45) is 4.09. The second kappa shape index (κ2) is 4.28. The van der Waals surface area contributed by atoms with Crippen LogP contribution >= 0.6 is 0 Å². The molecule has 1 N–H and O–H groups in total. The zero-order chi connectivity index (χ0) is 10.7. The maximum Gasteiger partial charge on any atom is 0.417 e. The maximum atomic E-state index is 11.2. The minimum absolute atomic E-state index is 0.149. The van der Waals surface area contributed by atoms with E-state index < -0.39 is 12.2 Å². The summed E-state index contributed by atoms with van der Waals surface area (Å²) in [7, 11) is 1.32. The van der Waals surface area contributed by atoms with E-state index >= 15 is 0 Å². The Kier molecular flexibility index (Phi) is 3.30. The van der Waals surface area contributed by atoms with Gasteiger partial charge in [0.05, 0.1) is 13.2 Å². The summed E-state index contributed by atoms with van der Waals surface area (Å²) in [5.74, 6) is 0.149. The average Bonchev–Trinajstić information content (AvgIpc) is 2.17. The molecule has 0 saturated heterocycles. The van der Waals surface area contributed by atoms with E-state index in [1.807, 2.05) is 13.0 Å². The second-order valence-corrected chi connectivity index (χ2v) is 3.31. The summed E-state index contributed by atoms with van der Waals surface area (Å²) in [6.45, 7) is 3.64. The van der Waals surface area contributed by atoms with E-state index in [0.717, 1.165) is 5.57 Å². The van der Waals surface area contributed by atoms with Crippen molar-refractivity contribution in [2.24, 2.45) is 5.92 Å². The number of allylic oxidation sites excluding steroid dienone is 1. The molecule has 0 fully saturated rings. The van der Waals surface area contributed by atoms with Crippen molar-refractivity contribution in [1.82, 2.24) is 4.90 Å². The summed E-state index contributed by atoms with van der Waals surface area (Å²) in [6, 6.07) is 0. The Balaban J connectivity index is 2.84. The second-order valence-electron chi connectivity index (χ2n) is 3.31. The van der Waals surface area contributed by atoms with Gasteiger partial charge in [0.15, 0.2) is 0 Å². The third-order valence-corrected chi connectivity index (χ3v) is 2.22. The lowest BCUT2D eigenvalue weighted by atomic mass is 9.96. The lowest BCUT2D eigenvalue weighted by molar-refractivity contribution is 0.149. The fourth-order valence-electron chi connectivity index (χ4n) is 1.36. The Morgan fingerprint density at radius 2 is 2.36 bits per heavy atom. The van der Waals surface area contributed by atoms with Crippen LogP contribution in [0.4, 0.5) is 4.79 Å². The van der Waals surface area contributed by atoms with Crippen molar-refractivity contribution in [3.05, 3.63) is 24.0 Å². The molecule has 1 aliphatic rings. The Morgan fingerprint density at radius 1 is 1.71 bits per heavy atom. The first-order valence-electron chi connectivity index (χ1n) is 4.50. The Bertz CT molecular complexity index is 281. The molecule has 14 heavy (non-hydrogen) atoms. The predicted molar refractivity (Wildman–Crippen MR) is 52.3 cm³/mol. The molecule has 2 unspecified atom stereocenters. The Labute approximate surface area is 83.5 Å². The van der Waals surface area contributed by atoms with Gasteiger partial charge in [0.25, 0.3) is 0 Å². The zero-order valence-electron chi connectivity index (χ0n) is 8.60. The van der Waals surface area contributed by atoms with Crippen molar-refractivity contribution < 1.29 is 14.6 Å². The van der Waals surface area contributed by atoms with Crippen LogP contribution in [0.2, 0.25) is 0 Å². The minimum atomic E-state index is -0.554. The number of methoxy groups -OCH3 is 1. The average molecular weight is 197 g/mol. The normalized spacial score (nSPS) is 23.0. The molecule has 0 bridgehead atoms. The number of carbonyl (C=O) groups is 1. The van der Waals surface area contributed by atoms with E-state index in [2.05, 4.69) is 4.74 Å². The van der Waals surface area contributed by atoms with Crippen LogP contribution < -0.4 is 0 Å². The summed E-state index contributed by atoms with van der Waals surface area (Å²) in [5.41, 5.74) is 0.804. The fraction of sp³-hybridized carbons (Fsp3) is 0.500. The number of amides is 1. The molecule has 1 amide bonds. The molecule has 0 saturated carbocycles. The van der Waals surface area contributed by atoms with Gasteiger partial charge in [-0.25, -0.2) is 4.79 Å². The van der Waals surface area contributed by atoms with Crippen LogP contribution in [0.5, 0.6) is 0 Å². The molecule has 0 aliphatic carbocycles. The van der Waals surface area contributed by atoms with E-state index in [4.69, 9.17) is 0 Å². The first-order valence-corrected chi connectivity index (χ1v) is 4.50. The smallest absolute Gasteiger partial charge is 0.417 e. The molecule has 0 aromatic heterocycles. The standard InChI is InChI=1S/C10H15NO3/c1-7-4-5-11(10(13)14-3)6-9(7)8(2)12/h4-8,12H,1-3H3. The number of aliphatic hydroxyl groups is 1. The third kappa shape index (κ3) is 2.14. The monoisotopic (exact) mass is 197 g/mol. The number of rotatable bonds is 1. The first kappa shape index (κ1) is 10.8. The molecular formula is C10H15NO3. The van der Waals surface area contributed by atoms with Gasteiger partial charge in [-0.2, -0.15) is 0 Å². The van der Waals surface area contributed by atoms with Crippen molar-refractivity contribution in [2.45, 2.75) is 20.0 Å². The third-order valence-electron chi connectivity index (χ3n) is 2.22. The van der Waals surface area contributed by atoms with E-state index in [1.54, 1.807) is 19.3 Å². The fourth-order valence-corrected chi connectivity index (χ4v) is 1.36. The number of ether oxygens (including phenoxy) is 1. The SMILES string of the molecule is COC(=O)N1C=CC(C)C(C(C)O)=C1. The van der Waals surface area contributed by atoms with Gasteiger partial charge in [-0.05, 0) is 12.5 Å². The number of hydrogen-bond acceptors (Lipinski definition) is 3. The van der Waals surface area contributed by atoms with Crippen LogP contribution in [-0.4, -0.2) is 29.3 Å². The highest BCUT2D eigenvalue weighted by Gasteiger charge is 2.19. The van der Waals surface area contributed by atoms with Gasteiger partial charge in [-0.3, -0.25) is 4.90 Å². The Hall–Kier alpha value is -1.29. The molecule has 0 spiro atoms. The van der Waals surface area contributed by atoms with Gasteiger partial charge >= 0.3 is 6.09 Å². The number of aliphatic hydroxyl groups excluding tert-OH is 1. The summed E-state index contributed by atoms with van der Waals surface area (Å²) >= 11 is 0. The van der Waals surface area contributed by atoms with Crippen LogP contribution in [0.25, 0.3) is 0 Å².